The van der Waals surface area contributed by atoms with Gasteiger partial charge >= 0.3 is 0 Å². The van der Waals surface area contributed by atoms with Gasteiger partial charge in [-0.05, 0) is 36.8 Å². The minimum atomic E-state index is -3.57. The van der Waals surface area contributed by atoms with Crippen LogP contribution >= 0.6 is 0 Å². The first-order chi connectivity index (χ1) is 13.2. The Bertz CT molecular complexity index is 909. The fraction of sp³-hybridized carbons (Fsp3) is 0.333. The number of anilines is 2. The highest BCUT2D eigenvalue weighted by Gasteiger charge is 2.15. The summed E-state index contributed by atoms with van der Waals surface area (Å²) in [5, 5.41) is 5.27. The number of furan rings is 1. The number of carbonyl (C=O) groups excluding carboxylic acids is 2. The SMILES string of the molecule is CC(=O)Nc1ccc(NS(C)(=O)=O)c(C(=O)NCCCOCc2ccco2)c1. The van der Waals surface area contributed by atoms with Crippen LogP contribution in [0.25, 0.3) is 0 Å². The van der Waals surface area contributed by atoms with E-state index in [0.29, 0.717) is 31.9 Å². The molecule has 2 amide bonds. The summed E-state index contributed by atoms with van der Waals surface area (Å²) in [7, 11) is -3.57. The van der Waals surface area contributed by atoms with Gasteiger partial charge in [0.25, 0.3) is 5.91 Å². The van der Waals surface area contributed by atoms with Crippen molar-refractivity contribution < 1.29 is 27.2 Å². The molecule has 0 aliphatic heterocycles. The number of amides is 2. The average Bonchev–Trinajstić information content (AvgIpc) is 3.10. The summed E-state index contributed by atoms with van der Waals surface area (Å²) in [6.45, 7) is 2.44. The molecule has 0 spiro atoms. The summed E-state index contributed by atoms with van der Waals surface area (Å²) < 4.78 is 35.9. The van der Waals surface area contributed by atoms with Crippen molar-refractivity contribution in [3.05, 3.63) is 47.9 Å². The van der Waals surface area contributed by atoms with Crippen LogP contribution in [0.1, 0.15) is 29.5 Å². The second-order valence-corrected chi connectivity index (χ2v) is 7.81. The summed E-state index contributed by atoms with van der Waals surface area (Å²) in [6.07, 6.45) is 3.12. The molecule has 2 aromatic rings. The van der Waals surface area contributed by atoms with E-state index < -0.39 is 15.9 Å². The standard InChI is InChI=1S/C18H23N3O6S/c1-13(22)20-14-6-7-17(21-28(2,24)25)16(11-14)18(23)19-8-4-9-26-12-15-5-3-10-27-15/h3,5-7,10-11,21H,4,8-9,12H2,1-2H3,(H,19,23)(H,20,22). The van der Waals surface area contributed by atoms with Crippen LogP contribution in [-0.2, 0) is 26.2 Å². The molecule has 2 rings (SSSR count). The highest BCUT2D eigenvalue weighted by molar-refractivity contribution is 7.92. The Balaban J connectivity index is 1.93. The number of nitrogens with one attached hydrogen (secondary N) is 3. The summed E-state index contributed by atoms with van der Waals surface area (Å²) in [5.41, 5.74) is 0.620. The Morgan fingerprint density at radius 3 is 2.64 bits per heavy atom. The number of sulfonamides is 1. The maximum Gasteiger partial charge on any atom is 0.253 e. The molecule has 0 radical (unpaired) electrons. The topological polar surface area (TPSA) is 127 Å². The Hall–Kier alpha value is -2.85. The van der Waals surface area contributed by atoms with Gasteiger partial charge in [0.2, 0.25) is 15.9 Å². The Kier molecular flexibility index (Phi) is 7.59. The number of rotatable bonds is 10. The van der Waals surface area contributed by atoms with Crippen molar-refractivity contribution in [2.75, 3.05) is 29.4 Å². The quantitative estimate of drug-likeness (QED) is 0.515. The Labute approximate surface area is 163 Å². The molecule has 1 aromatic carbocycles. The molecular formula is C18H23N3O6S. The number of hydrogen-bond donors (Lipinski definition) is 3. The van der Waals surface area contributed by atoms with Crippen LogP contribution in [0.15, 0.2) is 41.0 Å². The van der Waals surface area contributed by atoms with E-state index in [4.69, 9.17) is 9.15 Å². The van der Waals surface area contributed by atoms with Crippen molar-refractivity contribution in [2.45, 2.75) is 20.0 Å². The highest BCUT2D eigenvalue weighted by Crippen LogP contribution is 2.21. The average molecular weight is 409 g/mol. The van der Waals surface area contributed by atoms with Gasteiger partial charge in [-0.3, -0.25) is 14.3 Å². The van der Waals surface area contributed by atoms with Crippen LogP contribution < -0.4 is 15.4 Å². The summed E-state index contributed by atoms with van der Waals surface area (Å²) in [4.78, 5) is 23.7. The maximum atomic E-state index is 12.5. The monoisotopic (exact) mass is 409 g/mol. The van der Waals surface area contributed by atoms with Crippen LogP contribution in [0.2, 0.25) is 0 Å². The molecule has 28 heavy (non-hydrogen) atoms. The number of hydrogen-bond acceptors (Lipinski definition) is 6. The van der Waals surface area contributed by atoms with Gasteiger partial charge in [0.05, 0.1) is 23.8 Å². The van der Waals surface area contributed by atoms with Crippen molar-refractivity contribution in [3.63, 3.8) is 0 Å². The van der Waals surface area contributed by atoms with Crippen molar-refractivity contribution in [3.8, 4) is 0 Å². The van der Waals surface area contributed by atoms with E-state index in [2.05, 4.69) is 15.4 Å². The molecule has 0 saturated carbocycles. The molecule has 0 fully saturated rings. The van der Waals surface area contributed by atoms with Gasteiger partial charge in [-0.25, -0.2) is 8.42 Å². The van der Waals surface area contributed by atoms with Gasteiger partial charge in [0.15, 0.2) is 0 Å². The zero-order valence-electron chi connectivity index (χ0n) is 15.7. The van der Waals surface area contributed by atoms with E-state index in [9.17, 15) is 18.0 Å². The van der Waals surface area contributed by atoms with Crippen molar-refractivity contribution in [2.24, 2.45) is 0 Å². The van der Waals surface area contributed by atoms with Gasteiger partial charge in [0, 0.05) is 25.8 Å². The lowest BCUT2D eigenvalue weighted by Gasteiger charge is -2.13. The molecule has 1 aromatic heterocycles. The minimum Gasteiger partial charge on any atom is -0.467 e. The minimum absolute atomic E-state index is 0.105. The third-order valence-corrected chi connectivity index (χ3v) is 4.05. The van der Waals surface area contributed by atoms with Crippen LogP contribution in [0.4, 0.5) is 11.4 Å². The van der Waals surface area contributed by atoms with Gasteiger partial charge in [-0.1, -0.05) is 0 Å². The number of benzene rings is 1. The molecule has 10 heteroatoms. The van der Waals surface area contributed by atoms with E-state index in [0.717, 1.165) is 12.0 Å². The normalized spacial score (nSPS) is 11.1. The van der Waals surface area contributed by atoms with Crippen LogP contribution in [0.5, 0.6) is 0 Å². The van der Waals surface area contributed by atoms with Gasteiger partial charge in [-0.2, -0.15) is 0 Å². The van der Waals surface area contributed by atoms with Crippen molar-refractivity contribution in [1.29, 1.82) is 0 Å². The van der Waals surface area contributed by atoms with Crippen molar-refractivity contribution in [1.82, 2.24) is 5.32 Å². The fourth-order valence-electron chi connectivity index (χ4n) is 2.34. The van der Waals surface area contributed by atoms with Crippen molar-refractivity contribution >= 4 is 33.2 Å². The molecule has 0 aliphatic rings. The van der Waals surface area contributed by atoms with E-state index in [1.807, 2.05) is 0 Å². The Morgan fingerprint density at radius 1 is 1.21 bits per heavy atom. The molecule has 152 valence electrons. The molecule has 1 heterocycles. The second-order valence-electron chi connectivity index (χ2n) is 6.06. The first-order valence-electron chi connectivity index (χ1n) is 8.52. The molecular weight excluding hydrogens is 386 g/mol. The fourth-order valence-corrected chi connectivity index (χ4v) is 2.92. The largest absolute Gasteiger partial charge is 0.467 e. The van der Waals surface area contributed by atoms with E-state index in [1.165, 1.54) is 25.1 Å². The second kappa shape index (κ2) is 9.90. The van der Waals surface area contributed by atoms with Gasteiger partial charge in [0.1, 0.15) is 12.4 Å². The molecule has 9 nitrogen and oxygen atoms in total. The van der Waals surface area contributed by atoms with Crippen LogP contribution in [0.3, 0.4) is 0 Å². The predicted molar refractivity (Wildman–Crippen MR) is 105 cm³/mol. The summed E-state index contributed by atoms with van der Waals surface area (Å²) >= 11 is 0. The van der Waals surface area contributed by atoms with Crippen LogP contribution in [0, 0.1) is 0 Å². The smallest absolute Gasteiger partial charge is 0.253 e. The Morgan fingerprint density at radius 2 is 2.00 bits per heavy atom. The number of ether oxygens (including phenoxy) is 1. The zero-order valence-corrected chi connectivity index (χ0v) is 16.5. The molecule has 0 aliphatic carbocycles. The third-order valence-electron chi connectivity index (χ3n) is 3.46. The molecule has 0 bridgehead atoms. The van der Waals surface area contributed by atoms with Gasteiger partial charge < -0.3 is 19.8 Å². The molecule has 0 saturated heterocycles. The molecule has 3 N–H and O–H groups in total. The molecule has 0 unspecified atom stereocenters. The lowest BCUT2D eigenvalue weighted by Crippen LogP contribution is -2.27. The van der Waals surface area contributed by atoms with E-state index in [1.54, 1.807) is 18.4 Å². The first-order valence-corrected chi connectivity index (χ1v) is 10.4. The summed E-state index contributed by atoms with van der Waals surface area (Å²) in [5.74, 6) is -0.0522. The van der Waals surface area contributed by atoms with Gasteiger partial charge in [-0.15, -0.1) is 0 Å². The van der Waals surface area contributed by atoms with E-state index >= 15 is 0 Å². The molecule has 0 atom stereocenters. The number of carbonyl (C=O) groups is 2. The lowest BCUT2D eigenvalue weighted by atomic mass is 10.1. The summed E-state index contributed by atoms with van der Waals surface area (Å²) in [6, 6.07) is 7.93. The third kappa shape index (κ3) is 7.41. The lowest BCUT2D eigenvalue weighted by molar-refractivity contribution is -0.114. The van der Waals surface area contributed by atoms with Crippen LogP contribution in [-0.4, -0.2) is 39.6 Å². The van der Waals surface area contributed by atoms with E-state index in [-0.39, 0.29) is 17.2 Å². The predicted octanol–water partition coefficient (Wildman–Crippen LogP) is 1.95. The highest BCUT2D eigenvalue weighted by atomic mass is 32.2. The maximum absolute atomic E-state index is 12.5. The zero-order chi connectivity index (χ0) is 20.6. The first kappa shape index (κ1) is 21.5.